The van der Waals surface area contributed by atoms with Gasteiger partial charge in [-0.1, -0.05) is 26.3 Å². The topological polar surface area (TPSA) is 236 Å². The summed E-state index contributed by atoms with van der Waals surface area (Å²) in [6.07, 6.45) is 0. The molecule has 18 heteroatoms. The van der Waals surface area contributed by atoms with Gasteiger partial charge in [0.2, 0.25) is 5.96 Å². The lowest BCUT2D eigenvalue weighted by Gasteiger charge is -2.23. The number of rotatable bonds is 26. The second kappa shape index (κ2) is 26.6. The highest BCUT2D eigenvalue weighted by Crippen LogP contribution is 1.98. The summed E-state index contributed by atoms with van der Waals surface area (Å²) in [5, 5.41) is 37.4. The van der Waals surface area contributed by atoms with E-state index in [1.54, 1.807) is 35.5 Å². The molecule has 0 aromatic rings. The summed E-state index contributed by atoms with van der Waals surface area (Å²) in [7, 11) is 0. The fourth-order valence-corrected chi connectivity index (χ4v) is 3.41. The van der Waals surface area contributed by atoms with Gasteiger partial charge >= 0.3 is 17.9 Å². The Bertz CT molecular complexity index is 1160. The molecule has 0 aliphatic carbocycles. The smallest absolute Gasteiger partial charge is 0.333 e. The van der Waals surface area contributed by atoms with E-state index in [-0.39, 0.29) is 120 Å². The third-order valence-corrected chi connectivity index (χ3v) is 6.13. The number of carbonyl (C=O) groups excluding carboxylic acids is 3. The van der Waals surface area contributed by atoms with Crippen molar-refractivity contribution in [3.05, 3.63) is 48.9 Å². The first-order valence-corrected chi connectivity index (χ1v) is 15.5. The number of aliphatic hydroxyl groups excluding tert-OH is 3. The van der Waals surface area contributed by atoms with Crippen molar-refractivity contribution in [3.8, 4) is 0 Å². The van der Waals surface area contributed by atoms with Crippen LogP contribution in [0.15, 0.2) is 58.8 Å². The van der Waals surface area contributed by atoms with Crippen molar-refractivity contribution in [2.75, 3.05) is 98.9 Å². The predicted molar refractivity (Wildman–Crippen MR) is 186 cm³/mol. The Kier molecular flexibility index (Phi) is 24.3. The van der Waals surface area contributed by atoms with Crippen molar-refractivity contribution in [1.29, 1.82) is 0 Å². The fourth-order valence-electron chi connectivity index (χ4n) is 3.41. The van der Waals surface area contributed by atoms with Gasteiger partial charge in [-0.05, 0) is 20.8 Å². The van der Waals surface area contributed by atoms with Crippen molar-refractivity contribution < 1.29 is 43.9 Å². The van der Waals surface area contributed by atoms with Crippen molar-refractivity contribution >= 4 is 29.8 Å². The number of ether oxygens (including phenoxy) is 3. The van der Waals surface area contributed by atoms with Gasteiger partial charge in [0.15, 0.2) is 5.96 Å². The van der Waals surface area contributed by atoms with Crippen LogP contribution in [0, 0.1) is 0 Å². The van der Waals surface area contributed by atoms with Crippen molar-refractivity contribution in [2.24, 2.45) is 15.7 Å². The van der Waals surface area contributed by atoms with Crippen molar-refractivity contribution in [1.82, 2.24) is 30.7 Å². The Morgan fingerprint density at radius 1 is 0.592 bits per heavy atom. The maximum absolute atomic E-state index is 11.8. The highest BCUT2D eigenvalue weighted by atomic mass is 16.5. The van der Waals surface area contributed by atoms with Crippen molar-refractivity contribution in [2.45, 2.75) is 20.8 Å². The van der Waals surface area contributed by atoms with Crippen LogP contribution in [0.3, 0.4) is 0 Å². The molecule has 18 nitrogen and oxygen atoms in total. The molecule has 0 aromatic carbocycles. The lowest BCUT2D eigenvalue weighted by atomic mass is 10.4. The molecule has 0 heterocycles. The van der Waals surface area contributed by atoms with Gasteiger partial charge < -0.3 is 51.2 Å². The molecule has 0 aliphatic heterocycles. The molecular weight excluding hydrogens is 642 g/mol. The summed E-state index contributed by atoms with van der Waals surface area (Å²) in [6.45, 7) is 21.0. The van der Waals surface area contributed by atoms with Gasteiger partial charge in [0.25, 0.3) is 0 Å². The van der Waals surface area contributed by atoms with Crippen LogP contribution in [0.1, 0.15) is 20.8 Å². The van der Waals surface area contributed by atoms with Gasteiger partial charge in [-0.3, -0.25) is 14.7 Å². The molecule has 0 unspecified atom stereocenters. The average molecular weight is 698 g/mol. The van der Waals surface area contributed by atoms with E-state index in [1.807, 2.05) is 0 Å². The molecule has 0 spiro atoms. The van der Waals surface area contributed by atoms with Gasteiger partial charge in [0, 0.05) is 56.0 Å². The standard InChI is InChI=1S/C31H55N9O9/c1-23(2)27(44)47-17-11-38(8-14-41)20-33-26(7)36-31(35-22-40(10-16-43)13-19-49-29(46)25(5)6)37-30(32)34-21-39(9-15-42)12-18-48-28(45)24(3)4/h33,41-43H,1,3,5,7-22H2,2,4,6H3,(H4,32,34,35,36,37). The molecule has 0 rings (SSSR count). The van der Waals surface area contributed by atoms with Crippen LogP contribution >= 0.6 is 0 Å². The molecule has 0 bridgehead atoms. The van der Waals surface area contributed by atoms with E-state index in [4.69, 9.17) is 19.9 Å². The lowest BCUT2D eigenvalue weighted by molar-refractivity contribution is -0.140. The molecule has 0 amide bonds. The largest absolute Gasteiger partial charge is 0.461 e. The summed E-state index contributed by atoms with van der Waals surface area (Å²) >= 11 is 0. The molecule has 0 saturated carbocycles. The van der Waals surface area contributed by atoms with E-state index in [0.29, 0.717) is 13.1 Å². The Morgan fingerprint density at radius 3 is 1.29 bits per heavy atom. The number of nitrogens with one attached hydrogen (secondary N) is 3. The predicted octanol–water partition coefficient (Wildman–Crippen LogP) is -1.99. The van der Waals surface area contributed by atoms with E-state index in [9.17, 15) is 29.7 Å². The number of hydrogen-bond donors (Lipinski definition) is 7. The number of aliphatic imine (C=N–C) groups is 2. The van der Waals surface area contributed by atoms with E-state index in [1.165, 1.54) is 0 Å². The average Bonchev–Trinajstić information content (AvgIpc) is 3.04. The zero-order chi connectivity index (χ0) is 37.2. The number of guanidine groups is 2. The van der Waals surface area contributed by atoms with E-state index in [0.717, 1.165) is 0 Å². The van der Waals surface area contributed by atoms with Gasteiger partial charge in [-0.15, -0.1) is 0 Å². The number of aliphatic hydroxyl groups is 3. The molecular formula is C31H55N9O9. The van der Waals surface area contributed by atoms with Gasteiger partial charge in [0.05, 0.1) is 39.8 Å². The van der Waals surface area contributed by atoms with Crippen LogP contribution in [0.2, 0.25) is 0 Å². The second-order valence-electron chi connectivity index (χ2n) is 10.7. The third kappa shape index (κ3) is 22.8. The fraction of sp³-hybridized carbons (Fsp3) is 0.581. The maximum atomic E-state index is 11.8. The third-order valence-electron chi connectivity index (χ3n) is 6.13. The summed E-state index contributed by atoms with van der Waals surface area (Å²) in [5.74, 6) is -1.41. The van der Waals surface area contributed by atoms with Gasteiger partial charge in [-0.25, -0.2) is 14.4 Å². The summed E-state index contributed by atoms with van der Waals surface area (Å²) < 4.78 is 15.4. The highest BCUT2D eigenvalue weighted by Gasteiger charge is 2.12. The lowest BCUT2D eigenvalue weighted by Crippen LogP contribution is -2.45. The number of esters is 3. The van der Waals surface area contributed by atoms with Crippen LogP contribution in [-0.4, -0.2) is 159 Å². The zero-order valence-electron chi connectivity index (χ0n) is 29.0. The van der Waals surface area contributed by atoms with Crippen LogP contribution in [0.4, 0.5) is 0 Å². The molecule has 0 atom stereocenters. The highest BCUT2D eigenvalue weighted by molar-refractivity contribution is 5.94. The molecule has 8 N–H and O–H groups in total. The summed E-state index contributed by atoms with van der Waals surface area (Å²) in [5.41, 5.74) is 6.97. The monoisotopic (exact) mass is 697 g/mol. The van der Waals surface area contributed by atoms with E-state index in [2.05, 4.69) is 52.3 Å². The molecule has 0 aromatic heterocycles. The minimum Gasteiger partial charge on any atom is -0.461 e. The molecule has 278 valence electrons. The van der Waals surface area contributed by atoms with Gasteiger partial charge in [0.1, 0.15) is 25.6 Å². The Balaban J connectivity index is 5.70. The van der Waals surface area contributed by atoms with E-state index < -0.39 is 17.9 Å². The molecule has 0 saturated heterocycles. The SMILES string of the molecule is C=C(/N=C(\N=C(/N)NCN(CCO)CCOC(=O)C(=C)C)NCN(CCO)CCOC(=O)C(=C)C)NCN(CCO)CCOC(=O)C(=C)C. The quantitative estimate of drug-likeness (QED) is 0.0129. The van der Waals surface area contributed by atoms with Gasteiger partial charge in [-0.2, -0.15) is 9.98 Å². The van der Waals surface area contributed by atoms with Crippen LogP contribution in [0.5, 0.6) is 0 Å². The Morgan fingerprint density at radius 2 is 0.939 bits per heavy atom. The first-order chi connectivity index (χ1) is 23.2. The normalized spacial score (nSPS) is 11.7. The molecule has 0 radical (unpaired) electrons. The molecule has 0 aliphatic rings. The van der Waals surface area contributed by atoms with Crippen molar-refractivity contribution in [3.63, 3.8) is 0 Å². The first-order valence-electron chi connectivity index (χ1n) is 15.5. The van der Waals surface area contributed by atoms with E-state index >= 15 is 0 Å². The Hall–Kier alpha value is -4.33. The Labute approximate surface area is 288 Å². The summed E-state index contributed by atoms with van der Waals surface area (Å²) in [6, 6.07) is 0. The number of nitrogens with two attached hydrogens (primary N) is 1. The summed E-state index contributed by atoms with van der Waals surface area (Å²) in [4.78, 5) is 49.1. The van der Waals surface area contributed by atoms with Crippen LogP contribution in [0.25, 0.3) is 0 Å². The van der Waals surface area contributed by atoms with Crippen LogP contribution < -0.4 is 21.7 Å². The maximum Gasteiger partial charge on any atom is 0.333 e. The molecule has 49 heavy (non-hydrogen) atoms. The first kappa shape index (κ1) is 44.7. The number of hydrogen-bond acceptors (Lipinski definition) is 14. The number of carbonyl (C=O) groups is 3. The van der Waals surface area contributed by atoms with Crippen LogP contribution in [-0.2, 0) is 28.6 Å². The number of nitrogens with zero attached hydrogens (tertiary/aromatic N) is 5. The minimum atomic E-state index is -0.529. The molecule has 0 fully saturated rings. The zero-order valence-corrected chi connectivity index (χ0v) is 29.0. The minimum absolute atomic E-state index is 0.0255. The second-order valence-corrected chi connectivity index (χ2v) is 10.7.